The number of carbonyl (C=O) groups is 2. The zero-order valence-electron chi connectivity index (χ0n) is 10.7. The Balaban J connectivity index is 3.14. The number of esters is 2. The molecule has 0 amide bonds. The normalized spacial score (nSPS) is 29.4. The summed E-state index contributed by atoms with van der Waals surface area (Å²) in [5.41, 5.74) is 0.602. The van der Waals surface area contributed by atoms with Crippen molar-refractivity contribution in [2.45, 2.75) is 46.6 Å². The molecule has 4 heteroatoms. The predicted octanol–water partition coefficient (Wildman–Crippen LogP) is 2.50. The lowest BCUT2D eigenvalue weighted by Crippen LogP contribution is -2.16. The minimum atomic E-state index is -0.482. The summed E-state index contributed by atoms with van der Waals surface area (Å²) in [5.74, 6) is -0.395. The minimum Gasteiger partial charge on any atom is -0.455 e. The molecular weight excluding hydrogens is 220 g/mol. The molecule has 0 bridgehead atoms. The second-order valence-electron chi connectivity index (χ2n) is 3.98. The van der Waals surface area contributed by atoms with Crippen LogP contribution in [0.4, 0.5) is 0 Å². The van der Waals surface area contributed by atoms with Crippen LogP contribution in [0, 0.1) is 0 Å². The van der Waals surface area contributed by atoms with Crippen LogP contribution < -0.4 is 0 Å². The largest absolute Gasteiger partial charge is 0.455 e. The molecule has 1 atom stereocenters. The number of rotatable bonds is 2. The third-order valence-corrected chi connectivity index (χ3v) is 2.78. The maximum Gasteiger partial charge on any atom is 0.339 e. The topological polar surface area (TPSA) is 52.6 Å². The van der Waals surface area contributed by atoms with Crippen LogP contribution in [0.1, 0.15) is 40.5 Å². The zero-order valence-corrected chi connectivity index (χ0v) is 10.7. The first kappa shape index (κ1) is 13.5. The van der Waals surface area contributed by atoms with Crippen molar-refractivity contribution in [1.29, 1.82) is 0 Å². The molecule has 0 fully saturated rings. The highest BCUT2D eigenvalue weighted by Crippen LogP contribution is 2.18. The van der Waals surface area contributed by atoms with E-state index in [4.69, 9.17) is 9.47 Å². The van der Waals surface area contributed by atoms with Crippen molar-refractivity contribution in [3.8, 4) is 0 Å². The van der Waals surface area contributed by atoms with Crippen molar-refractivity contribution in [2.24, 2.45) is 0 Å². The van der Waals surface area contributed by atoms with Gasteiger partial charge in [0.25, 0.3) is 0 Å². The Kier molecular flexibility index (Phi) is 4.49. The van der Waals surface area contributed by atoms with Gasteiger partial charge in [0.05, 0.1) is 0 Å². The molecule has 1 aliphatic heterocycles. The van der Waals surface area contributed by atoms with Crippen LogP contribution in [0.15, 0.2) is 23.0 Å². The zero-order chi connectivity index (χ0) is 13.0. The molecule has 1 unspecified atom stereocenters. The molecule has 0 aromatic carbocycles. The van der Waals surface area contributed by atoms with Gasteiger partial charge >= 0.3 is 11.9 Å². The van der Waals surface area contributed by atoms with Crippen LogP contribution in [0.3, 0.4) is 0 Å². The standard InChI is InChI=1S/C13H18O4/c1-5-10-7-11(6-2)17-13(15)9(4)8(3)12(14)16-10/h7,10H,5-6H2,1-4H3/b9-8-,11-7-. The lowest BCUT2D eigenvalue weighted by atomic mass is 10.1. The number of allylic oxidation sites excluding steroid dienone is 1. The van der Waals surface area contributed by atoms with Crippen LogP contribution in [0.25, 0.3) is 0 Å². The highest BCUT2D eigenvalue weighted by molar-refractivity contribution is 6.00. The molecule has 0 N–H and O–H groups in total. The molecular formula is C13H18O4. The monoisotopic (exact) mass is 238 g/mol. The van der Waals surface area contributed by atoms with E-state index in [1.807, 2.05) is 13.8 Å². The number of hydrogen-bond acceptors (Lipinski definition) is 4. The number of ether oxygens (including phenoxy) is 2. The third kappa shape index (κ3) is 3.19. The SMILES string of the molecule is CC/C1=C/C(CC)OC(=O)/C(C)=C(/C)C(=O)O1. The van der Waals surface area contributed by atoms with Crippen LogP contribution >= 0.6 is 0 Å². The molecule has 4 nitrogen and oxygen atoms in total. The van der Waals surface area contributed by atoms with Crippen molar-refractivity contribution >= 4 is 11.9 Å². The smallest absolute Gasteiger partial charge is 0.339 e. The van der Waals surface area contributed by atoms with Gasteiger partial charge in [-0.25, -0.2) is 9.59 Å². The van der Waals surface area contributed by atoms with Gasteiger partial charge in [-0.05, 0) is 26.3 Å². The Hall–Kier alpha value is -1.58. The van der Waals surface area contributed by atoms with Crippen LogP contribution in [-0.4, -0.2) is 18.0 Å². The first-order valence-corrected chi connectivity index (χ1v) is 5.80. The van der Waals surface area contributed by atoms with Gasteiger partial charge in [0, 0.05) is 17.6 Å². The molecule has 1 aliphatic rings. The molecule has 0 aromatic heterocycles. The second kappa shape index (κ2) is 5.66. The van der Waals surface area contributed by atoms with E-state index in [0.29, 0.717) is 29.7 Å². The van der Waals surface area contributed by atoms with Crippen LogP contribution in [-0.2, 0) is 19.1 Å². The van der Waals surface area contributed by atoms with Crippen molar-refractivity contribution in [3.63, 3.8) is 0 Å². The average Bonchev–Trinajstić information content (AvgIpc) is 2.36. The molecule has 0 spiro atoms. The molecule has 94 valence electrons. The van der Waals surface area contributed by atoms with Gasteiger partial charge in [0.2, 0.25) is 0 Å². The first-order chi connectivity index (χ1) is 7.99. The van der Waals surface area contributed by atoms with Crippen molar-refractivity contribution in [1.82, 2.24) is 0 Å². The van der Waals surface area contributed by atoms with E-state index in [0.717, 1.165) is 0 Å². The van der Waals surface area contributed by atoms with Crippen molar-refractivity contribution in [2.75, 3.05) is 0 Å². The van der Waals surface area contributed by atoms with Gasteiger partial charge < -0.3 is 9.47 Å². The fourth-order valence-corrected chi connectivity index (χ4v) is 1.39. The van der Waals surface area contributed by atoms with Gasteiger partial charge in [-0.2, -0.15) is 0 Å². The van der Waals surface area contributed by atoms with E-state index in [9.17, 15) is 9.59 Å². The molecule has 0 saturated carbocycles. The Labute approximate surface area is 101 Å². The van der Waals surface area contributed by atoms with Crippen molar-refractivity contribution in [3.05, 3.63) is 23.0 Å². The maximum absolute atomic E-state index is 11.7. The van der Waals surface area contributed by atoms with Gasteiger partial charge in [-0.1, -0.05) is 13.8 Å². The molecule has 1 rings (SSSR count). The minimum absolute atomic E-state index is 0.297. The van der Waals surface area contributed by atoms with Gasteiger partial charge in [-0.15, -0.1) is 0 Å². The summed E-state index contributed by atoms with van der Waals surface area (Å²) in [6.07, 6.45) is 2.60. The van der Waals surface area contributed by atoms with E-state index in [-0.39, 0.29) is 6.10 Å². The van der Waals surface area contributed by atoms with E-state index < -0.39 is 11.9 Å². The summed E-state index contributed by atoms with van der Waals surface area (Å²) in [6.45, 7) is 6.94. The Morgan fingerprint density at radius 2 is 1.71 bits per heavy atom. The Morgan fingerprint density at radius 1 is 1.12 bits per heavy atom. The van der Waals surface area contributed by atoms with Crippen LogP contribution in [0.5, 0.6) is 0 Å². The first-order valence-electron chi connectivity index (χ1n) is 5.80. The quantitative estimate of drug-likeness (QED) is 0.693. The molecule has 0 aromatic rings. The fraction of sp³-hybridized carbons (Fsp3) is 0.538. The maximum atomic E-state index is 11.7. The summed E-state index contributed by atoms with van der Waals surface area (Å²) in [7, 11) is 0. The van der Waals surface area contributed by atoms with Gasteiger partial charge in [0.15, 0.2) is 0 Å². The fourth-order valence-electron chi connectivity index (χ4n) is 1.39. The summed E-state index contributed by atoms with van der Waals surface area (Å²) >= 11 is 0. The highest BCUT2D eigenvalue weighted by Gasteiger charge is 2.22. The average molecular weight is 238 g/mol. The van der Waals surface area contributed by atoms with Gasteiger partial charge in [0.1, 0.15) is 11.9 Å². The number of cyclic esters (lactones) is 2. The lowest BCUT2D eigenvalue weighted by molar-refractivity contribution is -0.142. The van der Waals surface area contributed by atoms with E-state index in [2.05, 4.69) is 0 Å². The Morgan fingerprint density at radius 3 is 2.24 bits per heavy atom. The number of carbonyl (C=O) groups excluding carboxylic acids is 2. The van der Waals surface area contributed by atoms with Gasteiger partial charge in [-0.3, -0.25) is 0 Å². The molecule has 0 aliphatic carbocycles. The number of hydrogen-bond donors (Lipinski definition) is 0. The van der Waals surface area contributed by atoms with Crippen LogP contribution in [0.2, 0.25) is 0 Å². The Bertz CT molecular complexity index is 390. The highest BCUT2D eigenvalue weighted by atomic mass is 16.6. The van der Waals surface area contributed by atoms with E-state index in [1.165, 1.54) is 0 Å². The van der Waals surface area contributed by atoms with E-state index >= 15 is 0 Å². The van der Waals surface area contributed by atoms with E-state index in [1.54, 1.807) is 19.9 Å². The summed E-state index contributed by atoms with van der Waals surface area (Å²) in [5, 5.41) is 0. The predicted molar refractivity (Wildman–Crippen MR) is 63.0 cm³/mol. The van der Waals surface area contributed by atoms with Crippen molar-refractivity contribution < 1.29 is 19.1 Å². The lowest BCUT2D eigenvalue weighted by Gasteiger charge is -2.12. The summed E-state index contributed by atoms with van der Waals surface area (Å²) in [4.78, 5) is 23.4. The third-order valence-electron chi connectivity index (χ3n) is 2.78. The molecule has 0 radical (unpaired) electrons. The molecule has 1 heterocycles. The molecule has 17 heavy (non-hydrogen) atoms. The molecule has 0 saturated heterocycles. The second-order valence-corrected chi connectivity index (χ2v) is 3.98. The summed E-state index contributed by atoms with van der Waals surface area (Å²) < 4.78 is 10.5. The summed E-state index contributed by atoms with van der Waals surface area (Å²) in [6, 6.07) is 0.